The second kappa shape index (κ2) is 8.20. The number of imide groups is 1. The van der Waals surface area contributed by atoms with Crippen LogP contribution >= 0.6 is 0 Å². The number of benzene rings is 1. The van der Waals surface area contributed by atoms with Crippen LogP contribution in [-0.2, 0) is 14.8 Å². The van der Waals surface area contributed by atoms with Crippen molar-refractivity contribution in [1.29, 1.82) is 0 Å². The van der Waals surface area contributed by atoms with Crippen LogP contribution in [-0.4, -0.2) is 72.8 Å². The quantitative estimate of drug-likeness (QED) is 0.673. The van der Waals surface area contributed by atoms with Crippen molar-refractivity contribution in [2.24, 2.45) is 5.92 Å². The van der Waals surface area contributed by atoms with E-state index in [0.29, 0.717) is 6.42 Å². The lowest BCUT2D eigenvalue weighted by Gasteiger charge is -2.35. The molecule has 0 bridgehead atoms. The van der Waals surface area contributed by atoms with Crippen molar-refractivity contribution in [3.8, 4) is 0 Å². The van der Waals surface area contributed by atoms with E-state index in [1.807, 2.05) is 13.8 Å². The Morgan fingerprint density at radius 2 is 1.67 bits per heavy atom. The van der Waals surface area contributed by atoms with Crippen LogP contribution in [0.3, 0.4) is 0 Å². The second-order valence-electron chi connectivity index (χ2n) is 8.31. The first-order valence-electron chi connectivity index (χ1n) is 9.76. The van der Waals surface area contributed by atoms with E-state index >= 15 is 0 Å². The van der Waals surface area contributed by atoms with E-state index in [4.69, 9.17) is 0 Å². The first-order chi connectivity index (χ1) is 14.0. The van der Waals surface area contributed by atoms with Gasteiger partial charge in [0.25, 0.3) is 5.91 Å². The maximum atomic E-state index is 14.0. The Labute approximate surface area is 174 Å². The molecule has 0 saturated carbocycles. The van der Waals surface area contributed by atoms with E-state index in [9.17, 15) is 26.8 Å². The molecule has 2 aliphatic rings. The van der Waals surface area contributed by atoms with Crippen LogP contribution < -0.4 is 5.32 Å². The van der Waals surface area contributed by atoms with Crippen molar-refractivity contribution in [1.82, 2.24) is 19.4 Å². The van der Waals surface area contributed by atoms with Crippen molar-refractivity contribution in [2.45, 2.75) is 37.6 Å². The minimum absolute atomic E-state index is 0.0109. The summed E-state index contributed by atoms with van der Waals surface area (Å²) in [7, 11) is -4.33. The third kappa shape index (κ3) is 4.19. The number of carbonyl (C=O) groups excluding carboxylic acids is 2. The molecule has 1 N–H and O–H groups in total. The summed E-state index contributed by atoms with van der Waals surface area (Å²) < 4.78 is 54.3. The molecule has 1 unspecified atom stereocenters. The van der Waals surface area contributed by atoms with Gasteiger partial charge in [0.1, 0.15) is 17.2 Å². The third-order valence-electron chi connectivity index (χ3n) is 5.35. The molecule has 2 heterocycles. The molecule has 8 nitrogen and oxygen atoms in total. The number of nitrogens with one attached hydrogen (secondary N) is 1. The SMILES string of the molecule is CC(C)CC1(C)NC(=O)N(CN2CCN(S(=O)(=O)c3c(F)cccc3F)CC2)C1=O. The first kappa shape index (κ1) is 22.6. The van der Waals surface area contributed by atoms with Gasteiger partial charge in [0, 0.05) is 26.2 Å². The summed E-state index contributed by atoms with van der Waals surface area (Å²) in [4.78, 5) is 27.0. The Balaban J connectivity index is 1.65. The van der Waals surface area contributed by atoms with Crippen LogP contribution in [0.1, 0.15) is 27.2 Å². The molecule has 0 aromatic heterocycles. The largest absolute Gasteiger partial charge is 0.326 e. The van der Waals surface area contributed by atoms with Gasteiger partial charge in [-0.15, -0.1) is 0 Å². The van der Waals surface area contributed by atoms with Gasteiger partial charge in [-0.25, -0.2) is 26.9 Å². The lowest BCUT2D eigenvalue weighted by Crippen LogP contribution is -2.53. The molecule has 1 aromatic carbocycles. The average molecular weight is 445 g/mol. The predicted octanol–water partition coefficient (Wildman–Crippen LogP) is 1.59. The van der Waals surface area contributed by atoms with Gasteiger partial charge >= 0.3 is 6.03 Å². The number of hydrogen-bond donors (Lipinski definition) is 1. The van der Waals surface area contributed by atoms with E-state index in [1.54, 1.807) is 11.8 Å². The molecule has 1 aromatic rings. The Bertz CT molecular complexity index is 928. The lowest BCUT2D eigenvalue weighted by atomic mass is 9.91. The number of urea groups is 1. The first-order valence-corrected chi connectivity index (χ1v) is 11.2. The smallest absolute Gasteiger partial charge is 0.323 e. The molecular weight excluding hydrogens is 418 g/mol. The number of nitrogens with zero attached hydrogens (tertiary/aromatic N) is 3. The van der Waals surface area contributed by atoms with Crippen LogP contribution in [0.4, 0.5) is 13.6 Å². The summed E-state index contributed by atoms with van der Waals surface area (Å²) in [5, 5.41) is 2.74. The summed E-state index contributed by atoms with van der Waals surface area (Å²) in [6.45, 7) is 6.06. The Hall–Kier alpha value is -2.11. The molecule has 2 saturated heterocycles. The van der Waals surface area contributed by atoms with Crippen LogP contribution in [0.2, 0.25) is 0 Å². The standard InChI is InChI=1S/C19H26F2N4O4S/c1-13(2)11-19(3)17(26)25(18(27)22-19)12-23-7-9-24(10-8-23)30(28,29)16-14(20)5-4-6-15(16)21/h4-6,13H,7-12H2,1-3H3,(H,22,27). The van der Waals surface area contributed by atoms with Gasteiger partial charge < -0.3 is 5.32 Å². The van der Waals surface area contributed by atoms with Crippen molar-refractivity contribution in [3.05, 3.63) is 29.8 Å². The number of hydrogen-bond acceptors (Lipinski definition) is 5. The highest BCUT2D eigenvalue weighted by atomic mass is 32.2. The molecule has 0 aliphatic carbocycles. The number of piperazine rings is 1. The molecule has 30 heavy (non-hydrogen) atoms. The Morgan fingerprint density at radius 1 is 1.10 bits per heavy atom. The molecule has 1 atom stereocenters. The van der Waals surface area contributed by atoms with E-state index in [1.165, 1.54) is 0 Å². The number of carbonyl (C=O) groups is 2. The zero-order valence-corrected chi connectivity index (χ0v) is 18.0. The van der Waals surface area contributed by atoms with Gasteiger partial charge in [-0.3, -0.25) is 9.69 Å². The minimum atomic E-state index is -4.33. The normalized spacial score (nSPS) is 24.0. The summed E-state index contributed by atoms with van der Waals surface area (Å²) in [5.41, 5.74) is -0.960. The minimum Gasteiger partial charge on any atom is -0.323 e. The third-order valence-corrected chi connectivity index (χ3v) is 7.30. The molecule has 3 rings (SSSR count). The highest BCUT2D eigenvalue weighted by Crippen LogP contribution is 2.26. The maximum absolute atomic E-state index is 14.0. The highest BCUT2D eigenvalue weighted by molar-refractivity contribution is 7.89. The molecular formula is C19H26F2N4O4S. The summed E-state index contributed by atoms with van der Waals surface area (Å²) in [6.07, 6.45) is 0.508. The fraction of sp³-hybridized carbons (Fsp3) is 0.579. The summed E-state index contributed by atoms with van der Waals surface area (Å²) >= 11 is 0. The molecule has 166 valence electrons. The molecule has 2 fully saturated rings. The van der Waals surface area contributed by atoms with Gasteiger partial charge in [-0.05, 0) is 31.4 Å². The van der Waals surface area contributed by atoms with Gasteiger partial charge in [-0.2, -0.15) is 4.31 Å². The Morgan fingerprint density at radius 3 is 2.20 bits per heavy atom. The number of amides is 3. The van der Waals surface area contributed by atoms with Gasteiger partial charge in [0.05, 0.1) is 6.67 Å². The van der Waals surface area contributed by atoms with Gasteiger partial charge in [0.2, 0.25) is 10.0 Å². The van der Waals surface area contributed by atoms with Gasteiger partial charge in [-0.1, -0.05) is 19.9 Å². The van der Waals surface area contributed by atoms with E-state index in [0.717, 1.165) is 27.4 Å². The maximum Gasteiger partial charge on any atom is 0.326 e. The van der Waals surface area contributed by atoms with E-state index in [-0.39, 0.29) is 44.7 Å². The number of sulfonamides is 1. The van der Waals surface area contributed by atoms with Crippen molar-refractivity contribution in [3.63, 3.8) is 0 Å². The molecule has 3 amide bonds. The number of halogens is 2. The van der Waals surface area contributed by atoms with Crippen LogP contribution in [0.25, 0.3) is 0 Å². The average Bonchev–Trinajstić information content (AvgIpc) is 2.84. The fourth-order valence-electron chi connectivity index (χ4n) is 4.00. The number of rotatable bonds is 6. The van der Waals surface area contributed by atoms with Crippen molar-refractivity contribution >= 4 is 22.0 Å². The monoisotopic (exact) mass is 444 g/mol. The van der Waals surface area contributed by atoms with Crippen LogP contribution in [0.5, 0.6) is 0 Å². The van der Waals surface area contributed by atoms with Crippen molar-refractivity contribution < 1.29 is 26.8 Å². The molecule has 0 spiro atoms. The van der Waals surface area contributed by atoms with E-state index < -0.39 is 38.1 Å². The van der Waals surface area contributed by atoms with Crippen LogP contribution in [0.15, 0.2) is 23.1 Å². The molecule has 2 aliphatic heterocycles. The van der Waals surface area contributed by atoms with Crippen molar-refractivity contribution in [2.75, 3.05) is 32.8 Å². The Kier molecular flexibility index (Phi) is 6.17. The molecule has 0 radical (unpaired) electrons. The van der Waals surface area contributed by atoms with Gasteiger partial charge in [0.15, 0.2) is 4.90 Å². The van der Waals surface area contributed by atoms with Crippen LogP contribution in [0, 0.1) is 17.6 Å². The summed E-state index contributed by atoms with van der Waals surface area (Å²) in [5.74, 6) is -2.38. The summed E-state index contributed by atoms with van der Waals surface area (Å²) in [6, 6.07) is 2.43. The second-order valence-corrected chi connectivity index (χ2v) is 10.2. The molecule has 11 heteroatoms. The predicted molar refractivity (Wildman–Crippen MR) is 105 cm³/mol. The topological polar surface area (TPSA) is 90.0 Å². The zero-order valence-electron chi connectivity index (χ0n) is 17.2. The highest BCUT2D eigenvalue weighted by Gasteiger charge is 2.48. The fourth-order valence-corrected chi connectivity index (χ4v) is 5.53. The zero-order chi connectivity index (χ0) is 22.3. The lowest BCUT2D eigenvalue weighted by molar-refractivity contribution is -0.133. The van der Waals surface area contributed by atoms with E-state index in [2.05, 4.69) is 5.32 Å².